The molecule has 3 heterocycles. The number of nitrogens with one attached hydrogen (secondary N) is 1. The van der Waals surface area contributed by atoms with Crippen molar-refractivity contribution in [2.75, 3.05) is 18.5 Å². The van der Waals surface area contributed by atoms with Crippen molar-refractivity contribution < 1.29 is 14.0 Å². The summed E-state index contributed by atoms with van der Waals surface area (Å²) in [6.07, 6.45) is 3.24. The summed E-state index contributed by atoms with van der Waals surface area (Å²) < 4.78 is 7.14. The first-order valence-corrected chi connectivity index (χ1v) is 8.32. The summed E-state index contributed by atoms with van der Waals surface area (Å²) in [5.41, 5.74) is 0. The molecule has 2 aromatic rings. The molecule has 0 spiro atoms. The van der Waals surface area contributed by atoms with Crippen LogP contribution in [0.5, 0.6) is 0 Å². The van der Waals surface area contributed by atoms with E-state index in [4.69, 9.17) is 4.42 Å². The minimum Gasteiger partial charge on any atom is -0.464 e. The number of nitrogens with zero attached hydrogens (tertiary/aromatic N) is 4. The van der Waals surface area contributed by atoms with Crippen molar-refractivity contribution in [1.29, 1.82) is 0 Å². The number of furan rings is 1. The molecule has 1 aliphatic heterocycles. The molecule has 0 radical (unpaired) electrons. The maximum absolute atomic E-state index is 12.7. The Labute approximate surface area is 146 Å². The van der Waals surface area contributed by atoms with Gasteiger partial charge in [-0.25, -0.2) is 4.79 Å². The molecule has 1 fully saturated rings. The average Bonchev–Trinajstić information content (AvgIpc) is 3.17. The number of aryl methyl sites for hydroxylation is 2. The van der Waals surface area contributed by atoms with Gasteiger partial charge in [-0.05, 0) is 31.9 Å². The SMILES string of the molecule is Cc1ccc(CN(C)C(=O)N[C@@H]2CCCN(c3ccn(C)n3)C2=O)o1. The molecule has 8 nitrogen and oxygen atoms in total. The molecule has 0 aliphatic carbocycles. The molecule has 0 aromatic carbocycles. The molecular formula is C17H23N5O3. The number of hydrogen-bond donors (Lipinski definition) is 1. The first-order valence-electron chi connectivity index (χ1n) is 8.32. The van der Waals surface area contributed by atoms with E-state index in [1.165, 1.54) is 4.90 Å². The van der Waals surface area contributed by atoms with Crippen molar-refractivity contribution in [2.24, 2.45) is 7.05 Å². The molecule has 0 bridgehead atoms. The van der Waals surface area contributed by atoms with Crippen LogP contribution in [-0.2, 0) is 18.4 Å². The number of anilines is 1. The van der Waals surface area contributed by atoms with E-state index >= 15 is 0 Å². The van der Waals surface area contributed by atoms with E-state index in [-0.39, 0.29) is 11.9 Å². The Balaban J connectivity index is 1.61. The van der Waals surface area contributed by atoms with Gasteiger partial charge in [0.05, 0.1) is 6.54 Å². The second kappa shape index (κ2) is 7.00. The summed E-state index contributed by atoms with van der Waals surface area (Å²) in [7, 11) is 3.49. The van der Waals surface area contributed by atoms with Gasteiger partial charge in [0.25, 0.3) is 5.91 Å². The van der Waals surface area contributed by atoms with E-state index in [9.17, 15) is 9.59 Å². The molecule has 3 amide bonds. The summed E-state index contributed by atoms with van der Waals surface area (Å²) in [6.45, 7) is 2.82. The van der Waals surface area contributed by atoms with Crippen molar-refractivity contribution in [3.05, 3.63) is 35.9 Å². The van der Waals surface area contributed by atoms with Crippen LogP contribution >= 0.6 is 0 Å². The van der Waals surface area contributed by atoms with Crippen LogP contribution in [0.25, 0.3) is 0 Å². The van der Waals surface area contributed by atoms with E-state index in [2.05, 4.69) is 10.4 Å². The Morgan fingerprint density at radius 2 is 2.24 bits per heavy atom. The predicted molar refractivity (Wildman–Crippen MR) is 92.0 cm³/mol. The smallest absolute Gasteiger partial charge is 0.318 e. The fourth-order valence-corrected chi connectivity index (χ4v) is 2.92. The number of rotatable bonds is 4. The number of piperidine rings is 1. The monoisotopic (exact) mass is 345 g/mol. The number of amides is 3. The van der Waals surface area contributed by atoms with Crippen LogP contribution in [0.1, 0.15) is 24.4 Å². The third kappa shape index (κ3) is 3.84. The summed E-state index contributed by atoms with van der Waals surface area (Å²) in [5.74, 6) is 2.00. The zero-order valence-corrected chi connectivity index (χ0v) is 14.7. The number of carbonyl (C=O) groups is 2. The van der Waals surface area contributed by atoms with Gasteiger partial charge in [-0.2, -0.15) is 5.10 Å². The quantitative estimate of drug-likeness (QED) is 0.913. The Morgan fingerprint density at radius 1 is 1.44 bits per heavy atom. The minimum absolute atomic E-state index is 0.124. The highest BCUT2D eigenvalue weighted by Gasteiger charge is 2.32. The van der Waals surface area contributed by atoms with Crippen molar-refractivity contribution in [2.45, 2.75) is 32.4 Å². The van der Waals surface area contributed by atoms with Crippen LogP contribution in [0.15, 0.2) is 28.8 Å². The first-order chi connectivity index (χ1) is 11.9. The maximum atomic E-state index is 12.7. The Bertz CT molecular complexity index is 766. The van der Waals surface area contributed by atoms with Gasteiger partial charge >= 0.3 is 6.03 Å². The Kier molecular flexibility index (Phi) is 4.78. The highest BCUT2D eigenvalue weighted by Crippen LogP contribution is 2.19. The largest absolute Gasteiger partial charge is 0.464 e. The van der Waals surface area contributed by atoms with Crippen LogP contribution in [0.4, 0.5) is 10.6 Å². The van der Waals surface area contributed by atoms with Gasteiger partial charge in [0.2, 0.25) is 0 Å². The number of urea groups is 1. The molecule has 8 heteroatoms. The van der Waals surface area contributed by atoms with Crippen LogP contribution in [0.2, 0.25) is 0 Å². The maximum Gasteiger partial charge on any atom is 0.318 e. The molecule has 25 heavy (non-hydrogen) atoms. The van der Waals surface area contributed by atoms with Crippen LogP contribution in [0, 0.1) is 6.92 Å². The van der Waals surface area contributed by atoms with E-state index < -0.39 is 6.04 Å². The van der Waals surface area contributed by atoms with Crippen LogP contribution in [0.3, 0.4) is 0 Å². The summed E-state index contributed by atoms with van der Waals surface area (Å²) in [5, 5.41) is 7.10. The minimum atomic E-state index is -0.538. The predicted octanol–water partition coefficient (Wildman–Crippen LogP) is 1.66. The third-order valence-electron chi connectivity index (χ3n) is 4.25. The third-order valence-corrected chi connectivity index (χ3v) is 4.25. The zero-order valence-electron chi connectivity index (χ0n) is 14.7. The topological polar surface area (TPSA) is 83.6 Å². The molecule has 0 saturated carbocycles. The van der Waals surface area contributed by atoms with Crippen molar-refractivity contribution in [3.63, 3.8) is 0 Å². The summed E-state index contributed by atoms with van der Waals surface area (Å²) >= 11 is 0. The molecule has 1 atom stereocenters. The number of carbonyl (C=O) groups excluding carboxylic acids is 2. The fourth-order valence-electron chi connectivity index (χ4n) is 2.92. The Hall–Kier alpha value is -2.77. The average molecular weight is 345 g/mol. The summed E-state index contributed by atoms with van der Waals surface area (Å²) in [6, 6.07) is 4.66. The van der Waals surface area contributed by atoms with Crippen LogP contribution < -0.4 is 10.2 Å². The van der Waals surface area contributed by atoms with Crippen molar-refractivity contribution in [1.82, 2.24) is 20.0 Å². The molecule has 1 saturated heterocycles. The normalized spacial score (nSPS) is 17.6. The van der Waals surface area contributed by atoms with Gasteiger partial charge in [0, 0.05) is 32.9 Å². The van der Waals surface area contributed by atoms with E-state index in [1.807, 2.05) is 26.1 Å². The highest BCUT2D eigenvalue weighted by atomic mass is 16.3. The van der Waals surface area contributed by atoms with Gasteiger partial charge in [0.1, 0.15) is 17.6 Å². The highest BCUT2D eigenvalue weighted by molar-refractivity contribution is 5.99. The molecule has 3 rings (SSSR count). The lowest BCUT2D eigenvalue weighted by molar-refractivity contribution is -0.121. The van der Waals surface area contributed by atoms with Gasteiger partial charge < -0.3 is 14.6 Å². The number of hydrogen-bond acceptors (Lipinski definition) is 4. The fraction of sp³-hybridized carbons (Fsp3) is 0.471. The van der Waals surface area contributed by atoms with Gasteiger partial charge in [-0.3, -0.25) is 14.4 Å². The second-order valence-electron chi connectivity index (χ2n) is 6.35. The summed E-state index contributed by atoms with van der Waals surface area (Å²) in [4.78, 5) is 28.2. The van der Waals surface area contributed by atoms with Gasteiger partial charge in [-0.15, -0.1) is 0 Å². The Morgan fingerprint density at radius 3 is 2.88 bits per heavy atom. The van der Waals surface area contributed by atoms with E-state index in [1.54, 1.807) is 28.9 Å². The lowest BCUT2D eigenvalue weighted by Crippen LogP contribution is -2.54. The van der Waals surface area contributed by atoms with E-state index in [0.717, 1.165) is 12.2 Å². The lowest BCUT2D eigenvalue weighted by atomic mass is 10.1. The van der Waals surface area contributed by atoms with Crippen LogP contribution in [-0.4, -0.2) is 46.3 Å². The first kappa shape index (κ1) is 17.1. The molecule has 0 unspecified atom stereocenters. The van der Waals surface area contributed by atoms with Gasteiger partial charge in [0.15, 0.2) is 5.82 Å². The second-order valence-corrected chi connectivity index (χ2v) is 6.35. The molecule has 1 N–H and O–H groups in total. The molecular weight excluding hydrogens is 322 g/mol. The molecule has 1 aliphatic rings. The number of aromatic nitrogens is 2. The van der Waals surface area contributed by atoms with Crippen molar-refractivity contribution in [3.8, 4) is 0 Å². The zero-order chi connectivity index (χ0) is 18.0. The molecule has 2 aromatic heterocycles. The van der Waals surface area contributed by atoms with E-state index in [0.29, 0.717) is 31.1 Å². The lowest BCUT2D eigenvalue weighted by Gasteiger charge is -2.32. The van der Waals surface area contributed by atoms with Gasteiger partial charge in [-0.1, -0.05) is 0 Å². The standard InChI is InChI=1S/C17H23N5O3/c1-12-6-7-13(25-12)11-20(2)17(24)18-14-5-4-9-22(16(14)23)15-8-10-21(3)19-15/h6-8,10,14H,4-5,9,11H2,1-3H3,(H,18,24)/t14-/m1/s1. The molecule has 134 valence electrons. The van der Waals surface area contributed by atoms with Crippen molar-refractivity contribution >= 4 is 17.8 Å².